The molecule has 1 N–H and O–H groups in total. The van der Waals surface area contributed by atoms with E-state index in [1.807, 2.05) is 0 Å². The van der Waals surface area contributed by atoms with E-state index >= 15 is 0 Å². The number of carbonyl (C=O) groups is 1. The minimum Gasteiger partial charge on any atom is -0.416 e. The molecule has 0 aromatic heterocycles. The van der Waals surface area contributed by atoms with Crippen LogP contribution in [0.5, 0.6) is 0 Å². The van der Waals surface area contributed by atoms with Crippen LogP contribution in [0.25, 0.3) is 0 Å². The van der Waals surface area contributed by atoms with Gasteiger partial charge in [-0.05, 0) is 65.8 Å². The first-order valence-electron chi connectivity index (χ1n) is 7.99. The lowest BCUT2D eigenvalue weighted by Crippen LogP contribution is -2.65. The maximum absolute atomic E-state index is 12.0. The second-order valence-corrected chi connectivity index (χ2v) is 25.6. The van der Waals surface area contributed by atoms with E-state index in [-0.39, 0.29) is 5.91 Å². The quantitative estimate of drug-likeness (QED) is 0.479. The molecule has 5 nitrogen and oxygen atoms in total. The van der Waals surface area contributed by atoms with E-state index < -0.39 is 33.8 Å². The Bertz CT molecular complexity index is 395. The van der Waals surface area contributed by atoms with E-state index in [1.54, 1.807) is 6.92 Å². The van der Waals surface area contributed by atoms with Gasteiger partial charge < -0.3 is 17.7 Å². The predicted octanol–water partition coefficient (Wildman–Crippen LogP) is 3.71. The molecule has 0 saturated carbocycles. The van der Waals surface area contributed by atoms with Gasteiger partial charge in [0.25, 0.3) is 0 Å². The largest absolute Gasteiger partial charge is 0.489 e. The van der Waals surface area contributed by atoms with Crippen LogP contribution >= 0.6 is 0 Å². The highest BCUT2D eigenvalue weighted by Crippen LogP contribution is 2.25. The van der Waals surface area contributed by atoms with E-state index in [0.717, 1.165) is 0 Å². The molecule has 23 heavy (non-hydrogen) atoms. The Morgan fingerprint density at radius 2 is 1.13 bits per heavy atom. The molecular formula is C14H35NO4Si4. The van der Waals surface area contributed by atoms with Crippen LogP contribution in [0.4, 0.5) is 0 Å². The van der Waals surface area contributed by atoms with Crippen molar-refractivity contribution in [2.45, 2.75) is 65.8 Å². The van der Waals surface area contributed by atoms with Crippen molar-refractivity contribution in [3.8, 4) is 0 Å². The van der Waals surface area contributed by atoms with E-state index in [0.29, 0.717) is 11.7 Å². The molecule has 0 saturated heterocycles. The number of hydrogen-bond acceptors (Lipinski definition) is 4. The predicted molar refractivity (Wildman–Crippen MR) is 107 cm³/mol. The molecule has 9 heteroatoms. The summed E-state index contributed by atoms with van der Waals surface area (Å²) in [6, 6.07) is 0. The van der Waals surface area contributed by atoms with Crippen LogP contribution in [0, 0.1) is 0 Å². The highest BCUT2D eigenvalue weighted by Gasteiger charge is 2.50. The third-order valence-corrected chi connectivity index (χ3v) is 13.9. The SMILES string of the molecule is C=C(C)C(=O)NC[Si](O[Si](C)(C)C)(O[Si](C)(C)C)O[Si](C)(C)C. The third kappa shape index (κ3) is 11.2. The van der Waals surface area contributed by atoms with Crippen molar-refractivity contribution in [2.24, 2.45) is 0 Å². The van der Waals surface area contributed by atoms with Crippen molar-refractivity contribution < 1.29 is 17.1 Å². The molecule has 0 aliphatic rings. The van der Waals surface area contributed by atoms with Gasteiger partial charge in [-0.25, -0.2) is 0 Å². The second kappa shape index (κ2) is 7.89. The van der Waals surface area contributed by atoms with Gasteiger partial charge >= 0.3 is 8.80 Å². The maximum Gasteiger partial charge on any atom is 0.489 e. The number of nitrogens with one attached hydrogen (secondary N) is 1. The van der Waals surface area contributed by atoms with Crippen molar-refractivity contribution >= 4 is 39.7 Å². The molecule has 0 aromatic rings. The van der Waals surface area contributed by atoms with Gasteiger partial charge in [0.15, 0.2) is 25.0 Å². The Morgan fingerprint density at radius 1 is 0.826 bits per heavy atom. The average molecular weight is 394 g/mol. The van der Waals surface area contributed by atoms with Crippen LogP contribution in [0.3, 0.4) is 0 Å². The first kappa shape index (κ1) is 23.0. The molecule has 1 amide bonds. The molecule has 0 unspecified atom stereocenters. The van der Waals surface area contributed by atoms with E-state index in [1.165, 1.54) is 0 Å². The third-order valence-electron chi connectivity index (χ3n) is 2.24. The Labute approximate surface area is 146 Å². The Hall–Kier alpha value is -0.0425. The number of rotatable bonds is 9. The molecule has 0 fully saturated rings. The van der Waals surface area contributed by atoms with Crippen LogP contribution in [-0.2, 0) is 17.1 Å². The van der Waals surface area contributed by atoms with E-state index in [2.05, 4.69) is 70.8 Å². The molecule has 0 aromatic carbocycles. The lowest BCUT2D eigenvalue weighted by molar-refractivity contribution is -0.117. The van der Waals surface area contributed by atoms with E-state index in [9.17, 15) is 4.79 Å². The summed E-state index contributed by atoms with van der Waals surface area (Å²) < 4.78 is 19.4. The molecule has 0 atom stereocenters. The van der Waals surface area contributed by atoms with Crippen LogP contribution in [0.2, 0.25) is 58.9 Å². The number of carbonyl (C=O) groups excluding carboxylic acids is 1. The number of hydrogen-bond donors (Lipinski definition) is 1. The second-order valence-electron chi connectivity index (χ2n) is 8.79. The minimum absolute atomic E-state index is 0.181. The maximum atomic E-state index is 12.0. The summed E-state index contributed by atoms with van der Waals surface area (Å²) in [7, 11) is -8.73. The molecular weight excluding hydrogens is 359 g/mol. The molecule has 0 bridgehead atoms. The van der Waals surface area contributed by atoms with E-state index in [4.69, 9.17) is 12.3 Å². The topological polar surface area (TPSA) is 56.8 Å². The fourth-order valence-corrected chi connectivity index (χ4v) is 16.0. The summed E-state index contributed by atoms with van der Waals surface area (Å²) in [5.74, 6) is -0.181. The van der Waals surface area contributed by atoms with Crippen molar-refractivity contribution in [3.63, 3.8) is 0 Å². The first-order chi connectivity index (χ1) is 9.95. The van der Waals surface area contributed by atoms with Gasteiger partial charge in [-0.3, -0.25) is 4.79 Å². The standard InChI is InChI=1S/C14H35NO4Si4/c1-13(2)14(16)15-12-23(17-20(3,4)5,18-21(6,7)8)19-22(9,10)11/h1,12H2,2-11H3,(H,15,16). The zero-order valence-corrected chi connectivity index (χ0v) is 20.5. The van der Waals surface area contributed by atoms with Crippen LogP contribution in [0.15, 0.2) is 12.2 Å². The molecule has 0 heterocycles. The highest BCUT2D eigenvalue weighted by atomic mass is 28.5. The van der Waals surface area contributed by atoms with Gasteiger partial charge in [-0.1, -0.05) is 6.58 Å². The monoisotopic (exact) mass is 393 g/mol. The highest BCUT2D eigenvalue weighted by molar-refractivity contribution is 6.90. The summed E-state index contributed by atoms with van der Waals surface area (Å²) in [6.07, 6.45) is 0.303. The fraction of sp³-hybridized carbons (Fsp3) is 0.786. The molecule has 0 radical (unpaired) electrons. The normalized spacial score (nSPS) is 13.8. The summed E-state index contributed by atoms with van der Waals surface area (Å²) in [4.78, 5) is 12.0. The summed E-state index contributed by atoms with van der Waals surface area (Å²) >= 11 is 0. The van der Waals surface area contributed by atoms with Gasteiger partial charge in [0.1, 0.15) is 0 Å². The Balaban J connectivity index is 5.62. The van der Waals surface area contributed by atoms with Crippen molar-refractivity contribution in [1.82, 2.24) is 5.32 Å². The first-order valence-corrected chi connectivity index (χ1v) is 20.1. The molecule has 0 aliphatic heterocycles. The summed E-state index contributed by atoms with van der Waals surface area (Å²) in [5, 5.41) is 2.91. The number of amides is 1. The molecule has 136 valence electrons. The lowest BCUT2D eigenvalue weighted by atomic mass is 10.3. The Kier molecular flexibility index (Phi) is 7.88. The lowest BCUT2D eigenvalue weighted by Gasteiger charge is -2.42. The zero-order valence-electron chi connectivity index (χ0n) is 16.5. The Morgan fingerprint density at radius 3 is 1.35 bits per heavy atom. The zero-order chi connectivity index (χ0) is 18.7. The van der Waals surface area contributed by atoms with Gasteiger partial charge in [-0.15, -0.1) is 0 Å². The summed E-state index contributed by atoms with van der Waals surface area (Å²) in [5.41, 5.74) is 0.474. The molecule has 0 aliphatic carbocycles. The molecule has 0 rings (SSSR count). The fourth-order valence-electron chi connectivity index (χ4n) is 1.91. The van der Waals surface area contributed by atoms with Crippen molar-refractivity contribution in [3.05, 3.63) is 12.2 Å². The van der Waals surface area contributed by atoms with Crippen LogP contribution < -0.4 is 5.32 Å². The van der Waals surface area contributed by atoms with Crippen molar-refractivity contribution in [2.75, 3.05) is 6.17 Å². The minimum atomic E-state index is -3.00. The van der Waals surface area contributed by atoms with Crippen molar-refractivity contribution in [1.29, 1.82) is 0 Å². The average Bonchev–Trinajstić information content (AvgIpc) is 2.17. The van der Waals surface area contributed by atoms with Crippen LogP contribution in [-0.4, -0.2) is 45.8 Å². The smallest absolute Gasteiger partial charge is 0.416 e. The van der Waals surface area contributed by atoms with Gasteiger partial charge in [0.05, 0.1) is 6.17 Å². The molecule has 0 spiro atoms. The van der Waals surface area contributed by atoms with Gasteiger partial charge in [0, 0.05) is 5.57 Å². The van der Waals surface area contributed by atoms with Gasteiger partial charge in [0.2, 0.25) is 5.91 Å². The van der Waals surface area contributed by atoms with Crippen LogP contribution in [0.1, 0.15) is 6.92 Å². The van der Waals surface area contributed by atoms with Gasteiger partial charge in [-0.2, -0.15) is 0 Å². The summed E-state index contributed by atoms with van der Waals surface area (Å²) in [6.45, 7) is 24.5.